The van der Waals surface area contributed by atoms with Gasteiger partial charge in [0.2, 0.25) is 0 Å². The summed E-state index contributed by atoms with van der Waals surface area (Å²) in [5, 5.41) is 5.22. The molecule has 1 aliphatic heterocycles. The maximum atomic E-state index is 12.0. The highest BCUT2D eigenvalue weighted by atomic mass is 16.5. The van der Waals surface area contributed by atoms with Gasteiger partial charge in [-0.25, -0.2) is 4.79 Å². The van der Waals surface area contributed by atoms with Gasteiger partial charge in [0.25, 0.3) is 11.8 Å². The van der Waals surface area contributed by atoms with Crippen LogP contribution in [-0.4, -0.2) is 53.4 Å². The Kier molecular flexibility index (Phi) is 7.38. The Balaban J connectivity index is 2.31. The lowest BCUT2D eigenvalue weighted by molar-refractivity contribution is -0.151. The molecule has 0 saturated carbocycles. The first-order chi connectivity index (χ1) is 11.5. The van der Waals surface area contributed by atoms with Gasteiger partial charge in [-0.2, -0.15) is 0 Å². The third-order valence-electron chi connectivity index (χ3n) is 3.92. The number of nitrogens with zero attached hydrogens (tertiary/aromatic N) is 1. The molecule has 8 heteroatoms. The minimum atomic E-state index is -1.04. The Labute approximate surface area is 148 Å². The first-order valence-electron chi connectivity index (χ1n) is 8.62. The van der Waals surface area contributed by atoms with E-state index in [-0.39, 0.29) is 6.04 Å². The molecule has 0 aromatic rings. The van der Waals surface area contributed by atoms with E-state index in [2.05, 4.69) is 24.5 Å². The number of rotatable bonds is 9. The number of hydrogen-bond acceptors (Lipinski definition) is 5. The molecular weight excluding hydrogens is 326 g/mol. The maximum absolute atomic E-state index is 12.0. The number of esters is 1. The summed E-state index contributed by atoms with van der Waals surface area (Å²) in [6.07, 6.45) is 2.97. The molecule has 0 aromatic heterocycles. The largest absolute Gasteiger partial charge is 0.454 e. The predicted molar refractivity (Wildman–Crippen MR) is 91.6 cm³/mol. The van der Waals surface area contributed by atoms with Gasteiger partial charge in [-0.3, -0.25) is 19.3 Å². The Morgan fingerprint density at radius 3 is 2.36 bits per heavy atom. The second-order valence-electron chi connectivity index (χ2n) is 7.40. The van der Waals surface area contributed by atoms with Crippen LogP contribution in [0.3, 0.4) is 0 Å². The van der Waals surface area contributed by atoms with Crippen molar-refractivity contribution in [2.24, 2.45) is 5.92 Å². The quantitative estimate of drug-likeness (QED) is 0.477. The number of carbonyl (C=O) groups is 4. The van der Waals surface area contributed by atoms with Gasteiger partial charge in [0.1, 0.15) is 12.1 Å². The zero-order valence-corrected chi connectivity index (χ0v) is 15.7. The van der Waals surface area contributed by atoms with E-state index in [1.807, 2.05) is 6.92 Å². The van der Waals surface area contributed by atoms with Crippen molar-refractivity contribution in [2.75, 3.05) is 13.2 Å². The fourth-order valence-electron chi connectivity index (χ4n) is 2.50. The van der Waals surface area contributed by atoms with Crippen molar-refractivity contribution in [2.45, 2.75) is 65.5 Å². The summed E-state index contributed by atoms with van der Waals surface area (Å²) in [6.45, 7) is 8.35. The molecule has 0 aromatic carbocycles. The van der Waals surface area contributed by atoms with Crippen LogP contribution in [0.5, 0.6) is 0 Å². The van der Waals surface area contributed by atoms with Crippen LogP contribution in [0, 0.1) is 5.92 Å². The second kappa shape index (κ2) is 8.82. The van der Waals surface area contributed by atoms with Crippen molar-refractivity contribution in [1.29, 1.82) is 0 Å². The maximum Gasteiger partial charge on any atom is 0.326 e. The van der Waals surface area contributed by atoms with Crippen molar-refractivity contribution in [3.63, 3.8) is 0 Å². The van der Waals surface area contributed by atoms with E-state index in [4.69, 9.17) is 4.74 Å². The third-order valence-corrected chi connectivity index (χ3v) is 3.92. The van der Waals surface area contributed by atoms with Crippen LogP contribution in [0.15, 0.2) is 0 Å². The van der Waals surface area contributed by atoms with Crippen molar-refractivity contribution >= 4 is 23.8 Å². The molecule has 1 rings (SSSR count). The van der Waals surface area contributed by atoms with Crippen molar-refractivity contribution in [3.05, 3.63) is 0 Å². The van der Waals surface area contributed by atoms with Gasteiger partial charge >= 0.3 is 12.0 Å². The Bertz CT molecular complexity index is 530. The summed E-state index contributed by atoms with van der Waals surface area (Å²) in [6, 6.07) is -0.646. The number of hydrogen-bond donors (Lipinski definition) is 2. The average Bonchev–Trinajstić information content (AvgIpc) is 2.66. The van der Waals surface area contributed by atoms with Gasteiger partial charge < -0.3 is 15.4 Å². The molecule has 0 radical (unpaired) electrons. The number of ether oxygens (including phenoxy) is 1. The molecule has 142 valence electrons. The Morgan fingerprint density at radius 2 is 1.84 bits per heavy atom. The zero-order chi connectivity index (χ0) is 19.2. The van der Waals surface area contributed by atoms with Crippen LogP contribution in [0.1, 0.15) is 53.9 Å². The normalized spacial score (nSPS) is 17.4. The first kappa shape index (κ1) is 20.9. The minimum absolute atomic E-state index is 0.00307. The fraction of sp³-hybridized carbons (Fsp3) is 0.765. The highest BCUT2D eigenvalue weighted by molar-refractivity contribution is 6.08. The number of nitrogens with one attached hydrogen (secondary N) is 2. The molecule has 1 heterocycles. The molecule has 0 bridgehead atoms. The molecule has 2 N–H and O–H groups in total. The molecule has 1 atom stereocenters. The number of imide groups is 1. The van der Waals surface area contributed by atoms with E-state index < -0.39 is 42.5 Å². The summed E-state index contributed by atoms with van der Waals surface area (Å²) < 4.78 is 4.85. The highest BCUT2D eigenvalue weighted by Crippen LogP contribution is 2.16. The Morgan fingerprint density at radius 1 is 1.20 bits per heavy atom. The van der Waals surface area contributed by atoms with E-state index in [0.717, 1.165) is 24.2 Å². The monoisotopic (exact) mass is 355 g/mol. The summed E-state index contributed by atoms with van der Waals surface area (Å²) in [4.78, 5) is 48.0. The van der Waals surface area contributed by atoms with Crippen LogP contribution in [0.4, 0.5) is 4.79 Å². The summed E-state index contributed by atoms with van der Waals surface area (Å²) in [5.41, 5.74) is -1.04. The van der Waals surface area contributed by atoms with Gasteiger partial charge in [-0.15, -0.1) is 0 Å². The smallest absolute Gasteiger partial charge is 0.326 e. The topological polar surface area (TPSA) is 105 Å². The number of amides is 4. The number of urea groups is 1. The molecule has 1 saturated heterocycles. The van der Waals surface area contributed by atoms with Crippen LogP contribution in [0.2, 0.25) is 0 Å². The summed E-state index contributed by atoms with van der Waals surface area (Å²) >= 11 is 0. The predicted octanol–water partition coefficient (Wildman–Crippen LogP) is 1.19. The minimum Gasteiger partial charge on any atom is -0.454 e. The van der Waals surface area contributed by atoms with Crippen LogP contribution in [-0.2, 0) is 19.1 Å². The SMILES string of the molecule is CC(C)CCCC(C)NC(=O)COC(=O)CN1C(=O)NC(C)(C)C1=O. The van der Waals surface area contributed by atoms with E-state index in [1.165, 1.54) is 0 Å². The Hall–Kier alpha value is -2.12. The molecule has 0 aliphatic carbocycles. The molecule has 4 amide bonds. The number of carbonyl (C=O) groups excluding carboxylic acids is 4. The standard InChI is InChI=1S/C17H29N3O5/c1-11(2)7-6-8-12(3)18-13(21)10-25-14(22)9-20-15(23)17(4,5)19-16(20)24/h11-12H,6-10H2,1-5H3,(H,18,21)(H,19,24). The molecule has 8 nitrogen and oxygen atoms in total. The lowest BCUT2D eigenvalue weighted by Gasteiger charge is -2.16. The van der Waals surface area contributed by atoms with Gasteiger partial charge in [-0.1, -0.05) is 26.7 Å². The average molecular weight is 355 g/mol. The molecule has 1 fully saturated rings. The first-order valence-corrected chi connectivity index (χ1v) is 8.62. The van der Waals surface area contributed by atoms with Crippen molar-refractivity contribution < 1.29 is 23.9 Å². The molecule has 0 spiro atoms. The van der Waals surface area contributed by atoms with E-state index in [0.29, 0.717) is 5.92 Å². The van der Waals surface area contributed by atoms with Gasteiger partial charge in [-0.05, 0) is 33.1 Å². The third kappa shape index (κ3) is 6.72. The molecule has 25 heavy (non-hydrogen) atoms. The second-order valence-corrected chi connectivity index (χ2v) is 7.40. The fourth-order valence-corrected chi connectivity index (χ4v) is 2.50. The zero-order valence-electron chi connectivity index (χ0n) is 15.7. The van der Waals surface area contributed by atoms with Crippen LogP contribution < -0.4 is 10.6 Å². The van der Waals surface area contributed by atoms with Gasteiger partial charge in [0.15, 0.2) is 6.61 Å². The van der Waals surface area contributed by atoms with Crippen LogP contribution in [0.25, 0.3) is 0 Å². The van der Waals surface area contributed by atoms with E-state index in [9.17, 15) is 19.2 Å². The van der Waals surface area contributed by atoms with Crippen molar-refractivity contribution in [1.82, 2.24) is 15.5 Å². The van der Waals surface area contributed by atoms with Crippen LogP contribution >= 0.6 is 0 Å². The lowest BCUT2D eigenvalue weighted by atomic mass is 10.0. The summed E-state index contributed by atoms with van der Waals surface area (Å²) in [5.74, 6) is -1.08. The molecular formula is C17H29N3O5. The summed E-state index contributed by atoms with van der Waals surface area (Å²) in [7, 11) is 0. The van der Waals surface area contributed by atoms with E-state index >= 15 is 0 Å². The van der Waals surface area contributed by atoms with E-state index in [1.54, 1.807) is 13.8 Å². The molecule has 1 aliphatic rings. The lowest BCUT2D eigenvalue weighted by Crippen LogP contribution is -2.41. The van der Waals surface area contributed by atoms with Gasteiger partial charge in [0, 0.05) is 6.04 Å². The van der Waals surface area contributed by atoms with Gasteiger partial charge in [0.05, 0.1) is 0 Å². The van der Waals surface area contributed by atoms with Crippen molar-refractivity contribution in [3.8, 4) is 0 Å². The molecule has 1 unspecified atom stereocenters. The highest BCUT2D eigenvalue weighted by Gasteiger charge is 2.45.